The molecule has 4 heteroatoms. The molecule has 4 rings (SSSR count). The van der Waals surface area contributed by atoms with E-state index in [0.717, 1.165) is 54.5 Å². The van der Waals surface area contributed by atoms with Crippen molar-refractivity contribution in [1.82, 2.24) is 4.98 Å². The maximum atomic E-state index is 9.63. The van der Waals surface area contributed by atoms with E-state index in [0.29, 0.717) is 11.8 Å². The smallest absolute Gasteiger partial charge is 0.227 e. The average Bonchev–Trinajstić information content (AvgIpc) is 3.03. The van der Waals surface area contributed by atoms with Crippen molar-refractivity contribution >= 4 is 16.8 Å². The number of para-hydroxylation sites is 2. The molecule has 1 fully saturated rings. The molecule has 0 unspecified atom stereocenters. The number of nitrogens with zero attached hydrogens (tertiary/aromatic N) is 1. The number of aliphatic hydroxyl groups is 1. The predicted octanol–water partition coefficient (Wildman–Crippen LogP) is 4.17. The van der Waals surface area contributed by atoms with Crippen LogP contribution < -0.4 is 5.73 Å². The van der Waals surface area contributed by atoms with Gasteiger partial charge in [0.2, 0.25) is 5.89 Å². The highest BCUT2D eigenvalue weighted by Gasteiger charge is 2.20. The molecule has 124 valence electrons. The van der Waals surface area contributed by atoms with Crippen LogP contribution in [0.5, 0.6) is 0 Å². The number of fused-ring (bicyclic) bond motifs is 1. The standard InChI is InChI=1S/C20H22N2O2/c21-17-12-15(20-22-18-3-1-2-4-19(18)24-20)8-7-14(17)11-13-5-9-16(23)10-6-13/h1-4,7-8,12-13,16,23H,5-6,9-11,21H2. The second-order valence-electron chi connectivity index (χ2n) is 6.78. The minimum Gasteiger partial charge on any atom is -0.436 e. The lowest BCUT2D eigenvalue weighted by atomic mass is 9.83. The molecule has 0 saturated heterocycles. The SMILES string of the molecule is Nc1cc(-c2nc3ccccc3o2)ccc1CC1CCC(O)CC1. The van der Waals surface area contributed by atoms with E-state index in [1.54, 1.807) is 0 Å². The van der Waals surface area contributed by atoms with Gasteiger partial charge in [-0.15, -0.1) is 0 Å². The Morgan fingerprint density at radius 3 is 2.62 bits per heavy atom. The number of rotatable bonds is 3. The van der Waals surface area contributed by atoms with Gasteiger partial charge in [0.1, 0.15) is 5.52 Å². The molecule has 1 aromatic heterocycles. The highest BCUT2D eigenvalue weighted by atomic mass is 16.3. The molecule has 0 radical (unpaired) electrons. The minimum absolute atomic E-state index is 0.111. The van der Waals surface area contributed by atoms with E-state index in [2.05, 4.69) is 11.1 Å². The maximum Gasteiger partial charge on any atom is 0.227 e. The summed E-state index contributed by atoms with van der Waals surface area (Å²) in [5, 5.41) is 9.63. The Morgan fingerprint density at radius 2 is 1.88 bits per heavy atom. The third-order valence-corrected chi connectivity index (χ3v) is 5.01. The van der Waals surface area contributed by atoms with Crippen LogP contribution in [0.4, 0.5) is 5.69 Å². The Balaban J connectivity index is 1.55. The van der Waals surface area contributed by atoms with Gasteiger partial charge in [0, 0.05) is 11.3 Å². The van der Waals surface area contributed by atoms with Gasteiger partial charge in [0.15, 0.2) is 5.58 Å². The first-order valence-electron chi connectivity index (χ1n) is 8.61. The number of aromatic nitrogens is 1. The largest absolute Gasteiger partial charge is 0.436 e. The number of aliphatic hydroxyl groups excluding tert-OH is 1. The van der Waals surface area contributed by atoms with Crippen molar-refractivity contribution in [3.8, 4) is 11.5 Å². The Labute approximate surface area is 141 Å². The van der Waals surface area contributed by atoms with Gasteiger partial charge in [0.05, 0.1) is 6.10 Å². The minimum atomic E-state index is -0.111. The van der Waals surface area contributed by atoms with Gasteiger partial charge in [-0.1, -0.05) is 18.2 Å². The molecule has 2 aromatic carbocycles. The van der Waals surface area contributed by atoms with E-state index in [-0.39, 0.29) is 6.10 Å². The van der Waals surface area contributed by atoms with Crippen molar-refractivity contribution in [3.05, 3.63) is 48.0 Å². The van der Waals surface area contributed by atoms with Crippen molar-refractivity contribution in [2.75, 3.05) is 5.73 Å². The maximum absolute atomic E-state index is 9.63. The summed E-state index contributed by atoms with van der Waals surface area (Å²) in [7, 11) is 0. The zero-order chi connectivity index (χ0) is 16.5. The number of oxazole rings is 1. The van der Waals surface area contributed by atoms with E-state index in [1.807, 2.05) is 36.4 Å². The first kappa shape index (κ1) is 15.2. The molecular formula is C20H22N2O2. The van der Waals surface area contributed by atoms with Crippen LogP contribution in [0.15, 0.2) is 46.9 Å². The molecule has 1 saturated carbocycles. The molecule has 0 aliphatic heterocycles. The van der Waals surface area contributed by atoms with Crippen LogP contribution in [0.1, 0.15) is 31.2 Å². The molecule has 0 bridgehead atoms. The van der Waals surface area contributed by atoms with E-state index >= 15 is 0 Å². The molecule has 0 spiro atoms. The van der Waals surface area contributed by atoms with E-state index < -0.39 is 0 Å². The van der Waals surface area contributed by atoms with Crippen molar-refractivity contribution in [2.45, 2.75) is 38.2 Å². The van der Waals surface area contributed by atoms with Gasteiger partial charge in [-0.2, -0.15) is 0 Å². The predicted molar refractivity (Wildman–Crippen MR) is 95.5 cm³/mol. The molecule has 1 aliphatic carbocycles. The van der Waals surface area contributed by atoms with Crippen molar-refractivity contribution < 1.29 is 9.52 Å². The van der Waals surface area contributed by atoms with E-state index in [9.17, 15) is 5.11 Å². The third kappa shape index (κ3) is 3.02. The van der Waals surface area contributed by atoms with Crippen LogP contribution in [0.3, 0.4) is 0 Å². The second-order valence-corrected chi connectivity index (χ2v) is 6.78. The fourth-order valence-corrected chi connectivity index (χ4v) is 3.57. The molecule has 1 heterocycles. The molecule has 1 aliphatic rings. The lowest BCUT2D eigenvalue weighted by Crippen LogP contribution is -2.19. The first-order valence-corrected chi connectivity index (χ1v) is 8.61. The summed E-state index contributed by atoms with van der Waals surface area (Å²) in [6, 6.07) is 13.8. The van der Waals surface area contributed by atoms with Gasteiger partial charge >= 0.3 is 0 Å². The van der Waals surface area contributed by atoms with Crippen molar-refractivity contribution in [2.24, 2.45) is 5.92 Å². The fraction of sp³-hybridized carbons (Fsp3) is 0.350. The quantitative estimate of drug-likeness (QED) is 0.710. The Bertz CT molecular complexity index is 815. The number of hydrogen-bond acceptors (Lipinski definition) is 4. The van der Waals surface area contributed by atoms with Crippen LogP contribution in [0.2, 0.25) is 0 Å². The highest BCUT2D eigenvalue weighted by molar-refractivity contribution is 5.76. The number of anilines is 1. The Kier molecular flexibility index (Phi) is 3.98. The lowest BCUT2D eigenvalue weighted by molar-refractivity contribution is 0.109. The van der Waals surface area contributed by atoms with E-state index in [1.165, 1.54) is 5.56 Å². The van der Waals surface area contributed by atoms with Gasteiger partial charge in [-0.3, -0.25) is 0 Å². The van der Waals surface area contributed by atoms with Gasteiger partial charge in [-0.05, 0) is 67.9 Å². The monoisotopic (exact) mass is 322 g/mol. The summed E-state index contributed by atoms with van der Waals surface area (Å²) in [6.07, 6.45) is 4.84. The normalized spacial score (nSPS) is 21.2. The summed E-state index contributed by atoms with van der Waals surface area (Å²) in [6.45, 7) is 0. The summed E-state index contributed by atoms with van der Waals surface area (Å²) >= 11 is 0. The van der Waals surface area contributed by atoms with Crippen LogP contribution >= 0.6 is 0 Å². The van der Waals surface area contributed by atoms with Gasteiger partial charge in [0.25, 0.3) is 0 Å². The first-order chi connectivity index (χ1) is 11.7. The molecule has 3 N–H and O–H groups in total. The van der Waals surface area contributed by atoms with Crippen molar-refractivity contribution in [3.63, 3.8) is 0 Å². The summed E-state index contributed by atoms with van der Waals surface area (Å²) in [5.41, 5.74) is 10.8. The molecule has 24 heavy (non-hydrogen) atoms. The topological polar surface area (TPSA) is 72.3 Å². The zero-order valence-corrected chi connectivity index (χ0v) is 13.6. The highest BCUT2D eigenvalue weighted by Crippen LogP contribution is 2.31. The number of nitrogen functional groups attached to an aromatic ring is 1. The van der Waals surface area contributed by atoms with E-state index in [4.69, 9.17) is 10.2 Å². The fourth-order valence-electron chi connectivity index (χ4n) is 3.57. The number of benzene rings is 2. The number of nitrogens with two attached hydrogens (primary N) is 1. The molecular weight excluding hydrogens is 300 g/mol. The van der Waals surface area contributed by atoms with Crippen LogP contribution in [0.25, 0.3) is 22.6 Å². The summed E-state index contributed by atoms with van der Waals surface area (Å²) in [5.74, 6) is 1.22. The van der Waals surface area contributed by atoms with Crippen LogP contribution in [-0.4, -0.2) is 16.2 Å². The Morgan fingerprint density at radius 1 is 1.08 bits per heavy atom. The van der Waals surface area contributed by atoms with Crippen LogP contribution in [-0.2, 0) is 6.42 Å². The second kappa shape index (κ2) is 6.29. The molecule has 0 amide bonds. The van der Waals surface area contributed by atoms with Crippen LogP contribution in [0, 0.1) is 5.92 Å². The lowest BCUT2D eigenvalue weighted by Gasteiger charge is -2.25. The molecule has 3 aromatic rings. The summed E-state index contributed by atoms with van der Waals surface area (Å²) in [4.78, 5) is 4.53. The van der Waals surface area contributed by atoms with Gasteiger partial charge < -0.3 is 15.3 Å². The van der Waals surface area contributed by atoms with Crippen molar-refractivity contribution in [1.29, 1.82) is 0 Å². The van der Waals surface area contributed by atoms with Gasteiger partial charge in [-0.25, -0.2) is 4.98 Å². The zero-order valence-electron chi connectivity index (χ0n) is 13.6. The molecule has 4 nitrogen and oxygen atoms in total. The Hall–Kier alpha value is -2.33. The third-order valence-electron chi connectivity index (χ3n) is 5.01. The average molecular weight is 322 g/mol. The summed E-state index contributed by atoms with van der Waals surface area (Å²) < 4.78 is 5.82. The molecule has 0 atom stereocenters. The number of hydrogen-bond donors (Lipinski definition) is 2.